The van der Waals surface area contributed by atoms with Crippen LogP contribution < -0.4 is 5.32 Å². The second-order valence-electron chi connectivity index (χ2n) is 5.94. The predicted octanol–water partition coefficient (Wildman–Crippen LogP) is 6.23. The molecule has 0 unspecified atom stereocenters. The number of carbonyl (C=O) groups is 1. The molecule has 0 fully saturated rings. The van der Waals surface area contributed by atoms with Crippen LogP contribution in [0.3, 0.4) is 0 Å². The second-order valence-corrected chi connectivity index (χ2v) is 8.31. The minimum atomic E-state index is -1.78. The molecule has 1 N–H and O–H groups in total. The molecule has 2 atom stereocenters. The van der Waals surface area contributed by atoms with Crippen LogP contribution in [0.2, 0.25) is 0 Å². The molecule has 2 aromatic carbocycles. The molecule has 3 nitrogen and oxygen atoms in total. The van der Waals surface area contributed by atoms with Gasteiger partial charge in [0.15, 0.2) is 6.10 Å². The van der Waals surface area contributed by atoms with Gasteiger partial charge in [-0.15, -0.1) is 0 Å². The zero-order chi connectivity index (χ0) is 19.2. The van der Waals surface area contributed by atoms with Crippen molar-refractivity contribution in [2.45, 2.75) is 29.8 Å². The molecule has 0 aliphatic carbocycles. The van der Waals surface area contributed by atoms with Gasteiger partial charge in [0.25, 0.3) is 0 Å². The summed E-state index contributed by atoms with van der Waals surface area (Å²) in [5.41, 5.74) is 2.84. The lowest BCUT2D eigenvalue weighted by atomic mass is 10.1. The first-order chi connectivity index (χ1) is 12.3. The first-order valence-corrected chi connectivity index (χ1v) is 9.23. The van der Waals surface area contributed by atoms with E-state index >= 15 is 0 Å². The highest BCUT2D eigenvalue weighted by Gasteiger charge is 2.37. The largest absolute Gasteiger partial charge is 0.437 e. The molecule has 0 aromatic heterocycles. The Hall–Kier alpha value is -1.68. The minimum absolute atomic E-state index is 0.254. The van der Waals surface area contributed by atoms with Gasteiger partial charge in [-0.3, -0.25) is 0 Å². The summed E-state index contributed by atoms with van der Waals surface area (Å²) in [6.45, 7) is 3.86. The molecule has 0 saturated carbocycles. The monoisotopic (exact) mass is 411 g/mol. The van der Waals surface area contributed by atoms with Crippen molar-refractivity contribution in [1.29, 1.82) is 0 Å². The third kappa shape index (κ3) is 6.56. The lowest BCUT2D eigenvalue weighted by molar-refractivity contribution is 0.0980. The van der Waals surface area contributed by atoms with Crippen molar-refractivity contribution in [3.63, 3.8) is 0 Å². The molecule has 6 heteroatoms. The number of carbonyl (C=O) groups excluding carboxylic acids is 1. The molecule has 0 aliphatic rings. The van der Waals surface area contributed by atoms with E-state index in [-0.39, 0.29) is 6.04 Å². The summed E-state index contributed by atoms with van der Waals surface area (Å²) in [6.07, 6.45) is 2.11. The van der Waals surface area contributed by atoms with E-state index in [9.17, 15) is 4.79 Å². The average Bonchev–Trinajstić information content (AvgIpc) is 2.59. The number of amides is 1. The minimum Gasteiger partial charge on any atom is -0.437 e. The van der Waals surface area contributed by atoms with Gasteiger partial charge in [-0.2, -0.15) is 0 Å². The molecule has 1 amide bonds. The van der Waals surface area contributed by atoms with E-state index in [1.807, 2.05) is 56.3 Å². The Bertz CT molecular complexity index is 740. The highest BCUT2D eigenvalue weighted by Crippen LogP contribution is 2.42. The van der Waals surface area contributed by atoms with Gasteiger partial charge in [0.2, 0.25) is 3.79 Å². The van der Waals surface area contributed by atoms with Crippen molar-refractivity contribution >= 4 is 47.0 Å². The topological polar surface area (TPSA) is 38.3 Å². The Morgan fingerprint density at radius 1 is 1.08 bits per heavy atom. The fourth-order valence-electron chi connectivity index (χ4n) is 2.26. The maximum atomic E-state index is 12.2. The molecular formula is C20H20Cl3NO2. The van der Waals surface area contributed by atoms with Crippen LogP contribution in [0.15, 0.2) is 60.7 Å². The first kappa shape index (κ1) is 20.6. The van der Waals surface area contributed by atoms with Crippen molar-refractivity contribution in [1.82, 2.24) is 5.32 Å². The van der Waals surface area contributed by atoms with Gasteiger partial charge in [-0.1, -0.05) is 107 Å². The lowest BCUT2D eigenvalue weighted by Crippen LogP contribution is -2.35. The smallest absolute Gasteiger partial charge is 0.408 e. The van der Waals surface area contributed by atoms with E-state index in [4.69, 9.17) is 39.5 Å². The molecule has 2 aromatic rings. The SMILES string of the molecule is Cc1ccc(/C=C/[C@@H](C)NC(=O)O[C@H](c2ccccc2)C(Cl)(Cl)Cl)cc1. The van der Waals surface area contributed by atoms with Crippen molar-refractivity contribution in [2.75, 3.05) is 0 Å². The molecule has 2 rings (SSSR count). The van der Waals surface area contributed by atoms with E-state index in [0.29, 0.717) is 5.56 Å². The van der Waals surface area contributed by atoms with Crippen LogP contribution in [0, 0.1) is 6.92 Å². The normalized spacial score (nSPS) is 14.0. The van der Waals surface area contributed by atoms with Gasteiger partial charge in [0.1, 0.15) is 0 Å². The van der Waals surface area contributed by atoms with E-state index in [1.165, 1.54) is 5.56 Å². The standard InChI is InChI=1S/C20H20Cl3NO2/c1-14-8-11-16(12-9-14)13-10-15(2)24-19(25)26-18(20(21,22)23)17-6-4-3-5-7-17/h3-13,15,18H,1-2H3,(H,24,25)/b13-10+/t15-,18-/m1/s1. The van der Waals surface area contributed by atoms with E-state index in [0.717, 1.165) is 5.56 Å². The molecular weight excluding hydrogens is 393 g/mol. The third-order valence-electron chi connectivity index (χ3n) is 3.62. The highest BCUT2D eigenvalue weighted by atomic mass is 35.6. The fourth-order valence-corrected chi connectivity index (χ4v) is 2.77. The average molecular weight is 413 g/mol. The molecule has 0 saturated heterocycles. The van der Waals surface area contributed by atoms with Gasteiger partial charge in [-0.25, -0.2) is 4.79 Å². The zero-order valence-electron chi connectivity index (χ0n) is 14.5. The Kier molecular flexibility index (Phi) is 7.39. The van der Waals surface area contributed by atoms with Crippen LogP contribution in [0.5, 0.6) is 0 Å². The number of benzene rings is 2. The summed E-state index contributed by atoms with van der Waals surface area (Å²) in [4.78, 5) is 12.2. The van der Waals surface area contributed by atoms with E-state index < -0.39 is 16.0 Å². The number of halogens is 3. The van der Waals surface area contributed by atoms with Gasteiger partial charge in [0.05, 0.1) is 0 Å². The third-order valence-corrected chi connectivity index (χ3v) is 4.22. The molecule has 0 spiro atoms. The fraction of sp³-hybridized carbons (Fsp3) is 0.250. The van der Waals surface area contributed by atoms with Crippen molar-refractivity contribution in [3.05, 3.63) is 77.4 Å². The molecule has 0 aliphatic heterocycles. The first-order valence-electron chi connectivity index (χ1n) is 8.09. The van der Waals surface area contributed by atoms with Crippen LogP contribution in [-0.4, -0.2) is 15.9 Å². The van der Waals surface area contributed by atoms with E-state index in [2.05, 4.69) is 5.32 Å². The van der Waals surface area contributed by atoms with Crippen LogP contribution in [0.25, 0.3) is 6.08 Å². The Morgan fingerprint density at radius 2 is 1.69 bits per heavy atom. The number of hydrogen-bond donors (Lipinski definition) is 1. The second kappa shape index (κ2) is 9.31. The van der Waals surface area contributed by atoms with Crippen LogP contribution in [0.1, 0.15) is 29.7 Å². The number of rotatable bonds is 5. The van der Waals surface area contributed by atoms with Crippen LogP contribution in [0.4, 0.5) is 4.79 Å². The molecule has 26 heavy (non-hydrogen) atoms. The zero-order valence-corrected chi connectivity index (χ0v) is 16.7. The number of hydrogen-bond acceptors (Lipinski definition) is 2. The summed E-state index contributed by atoms with van der Waals surface area (Å²) in [7, 11) is 0. The molecule has 0 radical (unpaired) electrons. The maximum Gasteiger partial charge on any atom is 0.408 e. The van der Waals surface area contributed by atoms with Crippen LogP contribution in [-0.2, 0) is 4.74 Å². The Balaban J connectivity index is 1.98. The van der Waals surface area contributed by atoms with Gasteiger partial charge in [-0.05, 0) is 25.0 Å². The maximum absolute atomic E-state index is 12.2. The summed E-state index contributed by atoms with van der Waals surface area (Å²) in [5.74, 6) is 0. The van der Waals surface area contributed by atoms with Gasteiger partial charge >= 0.3 is 6.09 Å². The number of alkyl halides is 3. The van der Waals surface area contributed by atoms with Crippen molar-refractivity contribution < 1.29 is 9.53 Å². The van der Waals surface area contributed by atoms with Crippen LogP contribution >= 0.6 is 34.8 Å². The van der Waals surface area contributed by atoms with E-state index in [1.54, 1.807) is 24.3 Å². The summed E-state index contributed by atoms with van der Waals surface area (Å²) >= 11 is 17.9. The predicted molar refractivity (Wildman–Crippen MR) is 109 cm³/mol. The number of nitrogens with one attached hydrogen (secondary N) is 1. The summed E-state index contributed by atoms with van der Waals surface area (Å²) < 4.78 is 3.58. The lowest BCUT2D eigenvalue weighted by Gasteiger charge is -2.25. The quantitative estimate of drug-likeness (QED) is 0.591. The van der Waals surface area contributed by atoms with Gasteiger partial charge in [0, 0.05) is 6.04 Å². The molecule has 138 valence electrons. The molecule has 0 heterocycles. The number of aryl methyl sites for hydroxylation is 1. The molecule has 0 bridgehead atoms. The number of alkyl carbamates (subject to hydrolysis) is 1. The Morgan fingerprint density at radius 3 is 2.27 bits per heavy atom. The Labute approximate surface area is 168 Å². The summed E-state index contributed by atoms with van der Waals surface area (Å²) in [6, 6.07) is 16.7. The highest BCUT2D eigenvalue weighted by molar-refractivity contribution is 6.68. The van der Waals surface area contributed by atoms with Gasteiger partial charge < -0.3 is 10.1 Å². The van der Waals surface area contributed by atoms with Crippen molar-refractivity contribution in [2.24, 2.45) is 0 Å². The summed E-state index contributed by atoms with van der Waals surface area (Å²) in [5, 5.41) is 2.71. The van der Waals surface area contributed by atoms with Crippen molar-refractivity contribution in [3.8, 4) is 0 Å². The number of ether oxygens (including phenoxy) is 1.